The number of anilines is 1. The van der Waals surface area contributed by atoms with Crippen LogP contribution in [0.3, 0.4) is 0 Å². The predicted molar refractivity (Wildman–Crippen MR) is 99.4 cm³/mol. The highest BCUT2D eigenvalue weighted by Crippen LogP contribution is 2.19. The van der Waals surface area contributed by atoms with Crippen molar-refractivity contribution in [1.82, 2.24) is 15.5 Å². The maximum Gasteiger partial charge on any atom is 0.287 e. The predicted octanol–water partition coefficient (Wildman–Crippen LogP) is 2.94. The number of amides is 2. The molecule has 9 heteroatoms. The van der Waals surface area contributed by atoms with E-state index in [1.54, 1.807) is 12.1 Å². The molecule has 0 saturated carbocycles. The first-order chi connectivity index (χ1) is 13.0. The van der Waals surface area contributed by atoms with Crippen molar-refractivity contribution < 1.29 is 18.4 Å². The van der Waals surface area contributed by atoms with Crippen LogP contribution in [0.25, 0.3) is 0 Å². The molecule has 0 atom stereocenters. The number of nitrogens with zero attached hydrogens (tertiary/aromatic N) is 2. The van der Waals surface area contributed by atoms with Gasteiger partial charge in [-0.05, 0) is 37.6 Å². The standard InChI is InChI=1S/C18H18N4O4S/c1-11-5-6-13(12(2)8-11)20-15(23)10-27-18-22-21-16(26-18)9-19-17(24)14-4-3-7-25-14/h3-8H,9-10H2,1-2H3,(H,19,24)(H,20,23). The van der Waals surface area contributed by atoms with Crippen molar-refractivity contribution in [3.63, 3.8) is 0 Å². The van der Waals surface area contributed by atoms with E-state index < -0.39 is 0 Å². The minimum Gasteiger partial charge on any atom is -0.459 e. The number of carbonyl (C=O) groups is 2. The second-order valence-corrected chi connectivity index (χ2v) is 6.70. The molecule has 8 nitrogen and oxygen atoms in total. The molecule has 0 aliphatic carbocycles. The van der Waals surface area contributed by atoms with Crippen LogP contribution in [0.2, 0.25) is 0 Å². The lowest BCUT2D eigenvalue weighted by Crippen LogP contribution is -2.22. The Bertz CT molecular complexity index is 937. The molecule has 0 fully saturated rings. The highest BCUT2D eigenvalue weighted by Gasteiger charge is 2.13. The van der Waals surface area contributed by atoms with Gasteiger partial charge < -0.3 is 19.5 Å². The fourth-order valence-electron chi connectivity index (χ4n) is 2.29. The number of carbonyl (C=O) groups excluding carboxylic acids is 2. The first-order valence-corrected chi connectivity index (χ1v) is 9.14. The largest absolute Gasteiger partial charge is 0.459 e. The second-order valence-electron chi connectivity index (χ2n) is 5.78. The maximum absolute atomic E-state index is 12.1. The molecular weight excluding hydrogens is 368 g/mol. The average Bonchev–Trinajstić information content (AvgIpc) is 3.32. The number of furan rings is 1. The SMILES string of the molecule is Cc1ccc(NC(=O)CSc2nnc(CNC(=O)c3ccco3)o2)c(C)c1. The minimum absolute atomic E-state index is 0.0713. The minimum atomic E-state index is -0.375. The number of hydrogen-bond acceptors (Lipinski definition) is 7. The Hall–Kier alpha value is -3.07. The van der Waals surface area contributed by atoms with Gasteiger partial charge in [-0.2, -0.15) is 0 Å². The zero-order valence-electron chi connectivity index (χ0n) is 14.8. The van der Waals surface area contributed by atoms with Crippen molar-refractivity contribution in [3.8, 4) is 0 Å². The topological polar surface area (TPSA) is 110 Å². The van der Waals surface area contributed by atoms with E-state index in [2.05, 4.69) is 20.8 Å². The van der Waals surface area contributed by atoms with Gasteiger partial charge in [0.05, 0.1) is 18.6 Å². The van der Waals surface area contributed by atoms with Gasteiger partial charge in [-0.25, -0.2) is 0 Å². The summed E-state index contributed by atoms with van der Waals surface area (Å²) in [6.45, 7) is 4.01. The second kappa shape index (κ2) is 8.54. The summed E-state index contributed by atoms with van der Waals surface area (Å²) in [5.74, 6) is 0.0331. The average molecular weight is 386 g/mol. The molecule has 140 valence electrons. The van der Waals surface area contributed by atoms with Gasteiger partial charge in [-0.3, -0.25) is 9.59 Å². The lowest BCUT2D eigenvalue weighted by Gasteiger charge is -2.08. The van der Waals surface area contributed by atoms with Crippen molar-refractivity contribution in [3.05, 3.63) is 59.4 Å². The van der Waals surface area contributed by atoms with E-state index in [1.165, 1.54) is 6.26 Å². The maximum atomic E-state index is 12.1. The molecule has 3 rings (SSSR count). The third kappa shape index (κ3) is 5.20. The van der Waals surface area contributed by atoms with E-state index in [1.807, 2.05) is 32.0 Å². The van der Waals surface area contributed by atoms with Crippen LogP contribution in [0.15, 0.2) is 50.7 Å². The molecule has 0 unspecified atom stereocenters. The smallest absolute Gasteiger partial charge is 0.287 e. The Morgan fingerprint density at radius 1 is 1.19 bits per heavy atom. The van der Waals surface area contributed by atoms with Gasteiger partial charge in [-0.1, -0.05) is 29.5 Å². The molecule has 0 spiro atoms. The molecule has 27 heavy (non-hydrogen) atoms. The molecule has 2 amide bonds. The van der Waals surface area contributed by atoms with E-state index in [0.717, 1.165) is 28.6 Å². The Kier molecular flexibility index (Phi) is 5.92. The van der Waals surface area contributed by atoms with Crippen LogP contribution in [0, 0.1) is 13.8 Å². The molecule has 0 saturated heterocycles. The summed E-state index contributed by atoms with van der Waals surface area (Å²) in [5.41, 5.74) is 2.91. The number of rotatable bonds is 7. The van der Waals surface area contributed by atoms with Crippen LogP contribution < -0.4 is 10.6 Å². The summed E-state index contributed by atoms with van der Waals surface area (Å²) in [5, 5.41) is 13.4. The number of benzene rings is 1. The van der Waals surface area contributed by atoms with Gasteiger partial charge in [0.1, 0.15) is 0 Å². The molecule has 0 aliphatic rings. The van der Waals surface area contributed by atoms with Gasteiger partial charge in [-0.15, -0.1) is 10.2 Å². The Balaban J connectivity index is 1.46. The normalized spacial score (nSPS) is 10.6. The van der Waals surface area contributed by atoms with Crippen molar-refractivity contribution in [1.29, 1.82) is 0 Å². The number of aromatic nitrogens is 2. The van der Waals surface area contributed by atoms with Gasteiger partial charge in [0.15, 0.2) is 5.76 Å². The quantitative estimate of drug-likeness (QED) is 0.601. The van der Waals surface area contributed by atoms with E-state index in [4.69, 9.17) is 8.83 Å². The van der Waals surface area contributed by atoms with Gasteiger partial charge >= 0.3 is 0 Å². The van der Waals surface area contributed by atoms with Crippen molar-refractivity contribution in [2.75, 3.05) is 11.1 Å². The first kappa shape index (κ1) is 18.7. The van der Waals surface area contributed by atoms with Crippen LogP contribution in [0.4, 0.5) is 5.69 Å². The lowest BCUT2D eigenvalue weighted by molar-refractivity contribution is -0.113. The van der Waals surface area contributed by atoms with Gasteiger partial charge in [0.25, 0.3) is 11.1 Å². The van der Waals surface area contributed by atoms with Gasteiger partial charge in [0, 0.05) is 5.69 Å². The van der Waals surface area contributed by atoms with Gasteiger partial charge in [0.2, 0.25) is 11.8 Å². The first-order valence-electron chi connectivity index (χ1n) is 8.15. The number of aryl methyl sites for hydroxylation is 2. The zero-order valence-corrected chi connectivity index (χ0v) is 15.6. The highest BCUT2D eigenvalue weighted by molar-refractivity contribution is 7.99. The van der Waals surface area contributed by atoms with Crippen LogP contribution >= 0.6 is 11.8 Å². The molecule has 0 bridgehead atoms. The zero-order chi connectivity index (χ0) is 19.2. The number of hydrogen-bond donors (Lipinski definition) is 2. The molecule has 0 radical (unpaired) electrons. The van der Waals surface area contributed by atoms with E-state index in [0.29, 0.717) is 0 Å². The van der Waals surface area contributed by atoms with E-state index in [-0.39, 0.29) is 41.0 Å². The van der Waals surface area contributed by atoms with Crippen LogP contribution in [-0.4, -0.2) is 27.8 Å². The summed E-state index contributed by atoms with van der Waals surface area (Å²) in [6.07, 6.45) is 1.42. The molecule has 2 N–H and O–H groups in total. The summed E-state index contributed by atoms with van der Waals surface area (Å²) in [7, 11) is 0. The summed E-state index contributed by atoms with van der Waals surface area (Å²) < 4.78 is 10.4. The molecular formula is C18H18N4O4S. The third-order valence-corrected chi connectivity index (χ3v) is 4.39. The fraction of sp³-hybridized carbons (Fsp3) is 0.222. The van der Waals surface area contributed by atoms with E-state index in [9.17, 15) is 9.59 Å². The summed E-state index contributed by atoms with van der Waals surface area (Å²) in [4.78, 5) is 23.9. The van der Waals surface area contributed by atoms with Crippen LogP contribution in [0.5, 0.6) is 0 Å². The summed E-state index contributed by atoms with van der Waals surface area (Å²) >= 11 is 1.13. The Morgan fingerprint density at radius 2 is 2.04 bits per heavy atom. The molecule has 0 aliphatic heterocycles. The van der Waals surface area contributed by atoms with Crippen LogP contribution in [-0.2, 0) is 11.3 Å². The number of thioether (sulfide) groups is 1. The highest BCUT2D eigenvalue weighted by atomic mass is 32.2. The van der Waals surface area contributed by atoms with Crippen molar-refractivity contribution in [2.45, 2.75) is 25.6 Å². The molecule has 3 aromatic rings. The van der Waals surface area contributed by atoms with E-state index >= 15 is 0 Å². The third-order valence-electron chi connectivity index (χ3n) is 3.58. The Morgan fingerprint density at radius 3 is 2.78 bits per heavy atom. The molecule has 1 aromatic carbocycles. The van der Waals surface area contributed by atoms with Crippen molar-refractivity contribution >= 4 is 29.3 Å². The molecule has 2 aromatic heterocycles. The molecule has 2 heterocycles. The fourth-order valence-corrected chi connectivity index (χ4v) is 2.87. The number of nitrogens with one attached hydrogen (secondary N) is 2. The monoisotopic (exact) mass is 386 g/mol. The van der Waals surface area contributed by atoms with Crippen LogP contribution in [0.1, 0.15) is 27.6 Å². The summed E-state index contributed by atoms with van der Waals surface area (Å²) in [6, 6.07) is 9.00. The Labute approximate surface area is 159 Å². The van der Waals surface area contributed by atoms with Crippen molar-refractivity contribution in [2.24, 2.45) is 0 Å². The lowest BCUT2D eigenvalue weighted by atomic mass is 10.1.